The maximum atomic E-state index is 12.7. The number of rotatable bonds is 9. The van der Waals surface area contributed by atoms with E-state index in [0.29, 0.717) is 25.1 Å². The summed E-state index contributed by atoms with van der Waals surface area (Å²) in [6.45, 7) is 1.09. The minimum absolute atomic E-state index is 0.0344. The van der Waals surface area contributed by atoms with Gasteiger partial charge in [0.15, 0.2) is 0 Å². The second-order valence-electron chi connectivity index (χ2n) is 8.40. The summed E-state index contributed by atoms with van der Waals surface area (Å²) >= 11 is 0. The molecular weight excluding hydrogens is 456 g/mol. The molecule has 0 aliphatic heterocycles. The fraction of sp³-hybridized carbons (Fsp3) is 0.143. The van der Waals surface area contributed by atoms with Gasteiger partial charge in [-0.2, -0.15) is 0 Å². The molecule has 2 aromatic heterocycles. The molecule has 4 aromatic rings. The number of hydrogen-bond donors (Lipinski definition) is 3. The van der Waals surface area contributed by atoms with Crippen molar-refractivity contribution in [2.45, 2.75) is 26.1 Å². The van der Waals surface area contributed by atoms with Crippen molar-refractivity contribution < 1.29 is 14.7 Å². The molecule has 0 aliphatic carbocycles. The maximum Gasteiger partial charge on any atom is 0.404 e. The van der Waals surface area contributed by atoms with Gasteiger partial charge in [0.05, 0.1) is 12.1 Å². The number of nitrogens with one attached hydrogen (secondary N) is 2. The fourth-order valence-electron chi connectivity index (χ4n) is 3.73. The SMILES string of the molecule is O=C(O)NCc1ccc(CNC(=O)c2cncc(Cc3ccc(Cn4ccccc4=O)cc3)c2)cc1. The van der Waals surface area contributed by atoms with E-state index in [1.165, 1.54) is 0 Å². The molecule has 0 fully saturated rings. The molecule has 0 atom stereocenters. The standard InChI is InChI=1S/C28H26N4O4/c33-26-3-1-2-12-32(26)19-23-10-4-20(5-11-23)13-24-14-25(18-29-15-24)27(34)30-16-21-6-8-22(9-7-21)17-31-28(35)36/h1-12,14-15,18,31H,13,16-17,19H2,(H,30,34)(H,35,36). The van der Waals surface area contributed by atoms with Crippen molar-refractivity contribution in [1.29, 1.82) is 0 Å². The first-order chi connectivity index (χ1) is 17.5. The highest BCUT2D eigenvalue weighted by Gasteiger charge is 2.08. The van der Waals surface area contributed by atoms with Crippen molar-refractivity contribution >= 4 is 12.0 Å². The first kappa shape index (κ1) is 24.4. The van der Waals surface area contributed by atoms with Crippen molar-refractivity contribution in [2.75, 3.05) is 0 Å². The van der Waals surface area contributed by atoms with E-state index in [4.69, 9.17) is 5.11 Å². The van der Waals surface area contributed by atoms with Crippen LogP contribution in [-0.2, 0) is 26.1 Å². The Hall–Kier alpha value is -4.72. The lowest BCUT2D eigenvalue weighted by atomic mass is 10.0. The third-order valence-corrected chi connectivity index (χ3v) is 5.66. The molecule has 0 bridgehead atoms. The van der Waals surface area contributed by atoms with Crippen LogP contribution in [0.2, 0.25) is 0 Å². The highest BCUT2D eigenvalue weighted by molar-refractivity contribution is 5.94. The van der Waals surface area contributed by atoms with Gasteiger partial charge in [0.25, 0.3) is 11.5 Å². The Kier molecular flexibility index (Phi) is 7.87. The van der Waals surface area contributed by atoms with Gasteiger partial charge < -0.3 is 20.3 Å². The number of hydrogen-bond acceptors (Lipinski definition) is 4. The van der Waals surface area contributed by atoms with Gasteiger partial charge in [0, 0.05) is 37.7 Å². The Morgan fingerprint density at radius 1 is 0.778 bits per heavy atom. The number of nitrogens with zero attached hydrogens (tertiary/aromatic N) is 2. The Balaban J connectivity index is 1.32. The zero-order valence-corrected chi connectivity index (χ0v) is 19.6. The van der Waals surface area contributed by atoms with Crippen LogP contribution in [0.4, 0.5) is 4.79 Å². The van der Waals surface area contributed by atoms with Gasteiger partial charge in [-0.15, -0.1) is 0 Å². The molecule has 0 unspecified atom stereocenters. The molecule has 0 spiro atoms. The van der Waals surface area contributed by atoms with Crippen LogP contribution in [-0.4, -0.2) is 26.7 Å². The highest BCUT2D eigenvalue weighted by atomic mass is 16.4. The summed E-state index contributed by atoms with van der Waals surface area (Å²) in [6, 6.07) is 22.3. The number of carboxylic acid groups (broad SMARTS) is 1. The van der Waals surface area contributed by atoms with Crippen LogP contribution in [0, 0.1) is 0 Å². The molecule has 0 saturated heterocycles. The molecule has 2 amide bonds. The summed E-state index contributed by atoms with van der Waals surface area (Å²) in [7, 11) is 0. The Labute approximate surface area is 208 Å². The number of amides is 2. The smallest absolute Gasteiger partial charge is 0.404 e. The second-order valence-corrected chi connectivity index (χ2v) is 8.40. The zero-order chi connectivity index (χ0) is 25.3. The quantitative estimate of drug-likeness (QED) is 0.338. The highest BCUT2D eigenvalue weighted by Crippen LogP contribution is 2.13. The molecule has 0 saturated carbocycles. The normalized spacial score (nSPS) is 10.6. The van der Waals surface area contributed by atoms with Crippen LogP contribution in [0.3, 0.4) is 0 Å². The molecule has 0 radical (unpaired) electrons. The van der Waals surface area contributed by atoms with Gasteiger partial charge in [-0.1, -0.05) is 54.6 Å². The van der Waals surface area contributed by atoms with Crippen LogP contribution in [0.25, 0.3) is 0 Å². The average molecular weight is 483 g/mol. The van der Waals surface area contributed by atoms with E-state index in [2.05, 4.69) is 15.6 Å². The predicted molar refractivity (Wildman–Crippen MR) is 136 cm³/mol. The van der Waals surface area contributed by atoms with E-state index in [-0.39, 0.29) is 18.0 Å². The lowest BCUT2D eigenvalue weighted by molar-refractivity contribution is 0.0950. The van der Waals surface area contributed by atoms with Crippen molar-refractivity contribution in [3.05, 3.63) is 135 Å². The Morgan fingerprint density at radius 2 is 1.42 bits per heavy atom. The summed E-state index contributed by atoms with van der Waals surface area (Å²) in [5, 5.41) is 13.9. The predicted octanol–water partition coefficient (Wildman–Crippen LogP) is 3.58. The van der Waals surface area contributed by atoms with Crippen molar-refractivity contribution in [1.82, 2.24) is 20.2 Å². The molecular formula is C28H26N4O4. The topological polar surface area (TPSA) is 113 Å². The second kappa shape index (κ2) is 11.6. The Morgan fingerprint density at radius 3 is 2.08 bits per heavy atom. The molecule has 3 N–H and O–H groups in total. The number of aromatic nitrogens is 2. The third-order valence-electron chi connectivity index (χ3n) is 5.66. The van der Waals surface area contributed by atoms with Crippen LogP contribution < -0.4 is 16.2 Å². The first-order valence-corrected chi connectivity index (χ1v) is 11.5. The number of carbonyl (C=O) groups excluding carboxylic acids is 1. The van der Waals surface area contributed by atoms with Gasteiger partial charge >= 0.3 is 6.09 Å². The molecule has 4 rings (SSSR count). The molecule has 2 aromatic carbocycles. The van der Waals surface area contributed by atoms with E-state index in [0.717, 1.165) is 27.8 Å². The maximum absolute atomic E-state index is 12.7. The average Bonchev–Trinajstić information content (AvgIpc) is 2.89. The summed E-state index contributed by atoms with van der Waals surface area (Å²) < 4.78 is 1.66. The van der Waals surface area contributed by atoms with E-state index in [1.807, 2.05) is 60.7 Å². The first-order valence-electron chi connectivity index (χ1n) is 11.5. The Bertz CT molecular complexity index is 1400. The summed E-state index contributed by atoms with van der Waals surface area (Å²) in [4.78, 5) is 39.4. The van der Waals surface area contributed by atoms with Crippen LogP contribution in [0.1, 0.15) is 38.2 Å². The van der Waals surface area contributed by atoms with E-state index in [1.54, 1.807) is 35.3 Å². The van der Waals surface area contributed by atoms with E-state index >= 15 is 0 Å². The summed E-state index contributed by atoms with van der Waals surface area (Å²) in [6.07, 6.45) is 4.62. The molecule has 2 heterocycles. The molecule has 36 heavy (non-hydrogen) atoms. The van der Waals surface area contributed by atoms with Crippen LogP contribution >= 0.6 is 0 Å². The van der Waals surface area contributed by atoms with Crippen molar-refractivity contribution in [3.63, 3.8) is 0 Å². The number of carbonyl (C=O) groups is 2. The van der Waals surface area contributed by atoms with Gasteiger partial charge in [-0.25, -0.2) is 4.79 Å². The van der Waals surface area contributed by atoms with Crippen LogP contribution in [0.5, 0.6) is 0 Å². The zero-order valence-electron chi connectivity index (χ0n) is 19.6. The fourth-order valence-corrected chi connectivity index (χ4v) is 3.73. The molecule has 8 nitrogen and oxygen atoms in total. The third kappa shape index (κ3) is 6.89. The summed E-state index contributed by atoms with van der Waals surface area (Å²) in [5.74, 6) is -0.218. The minimum atomic E-state index is -1.07. The van der Waals surface area contributed by atoms with Gasteiger partial charge in [0.2, 0.25) is 0 Å². The van der Waals surface area contributed by atoms with Gasteiger partial charge in [-0.3, -0.25) is 14.6 Å². The number of benzene rings is 2. The van der Waals surface area contributed by atoms with E-state index in [9.17, 15) is 14.4 Å². The van der Waals surface area contributed by atoms with Gasteiger partial charge in [0.1, 0.15) is 0 Å². The van der Waals surface area contributed by atoms with Crippen molar-refractivity contribution in [2.24, 2.45) is 0 Å². The lowest BCUT2D eigenvalue weighted by Gasteiger charge is -2.09. The summed E-state index contributed by atoms with van der Waals surface area (Å²) in [5.41, 5.74) is 5.23. The van der Waals surface area contributed by atoms with E-state index < -0.39 is 6.09 Å². The number of pyridine rings is 2. The molecule has 182 valence electrons. The largest absolute Gasteiger partial charge is 0.465 e. The van der Waals surface area contributed by atoms with Crippen molar-refractivity contribution in [3.8, 4) is 0 Å². The monoisotopic (exact) mass is 482 g/mol. The molecule has 8 heteroatoms. The van der Waals surface area contributed by atoms with Crippen LogP contribution in [0.15, 0.2) is 96.2 Å². The lowest BCUT2D eigenvalue weighted by Crippen LogP contribution is -2.23. The molecule has 0 aliphatic rings. The van der Waals surface area contributed by atoms with Gasteiger partial charge in [-0.05, 0) is 46.4 Å². The minimum Gasteiger partial charge on any atom is -0.465 e.